The van der Waals surface area contributed by atoms with Gasteiger partial charge in [0.05, 0.1) is 6.54 Å². The molecule has 1 rings (SSSR count). The number of thioether (sulfide) groups is 1. The van der Waals surface area contributed by atoms with Crippen LogP contribution in [0.3, 0.4) is 0 Å². The highest BCUT2D eigenvalue weighted by atomic mass is 32.2. The molecule has 0 radical (unpaired) electrons. The topological polar surface area (TPSA) is 41.1 Å². The van der Waals surface area contributed by atoms with Gasteiger partial charge in [0.2, 0.25) is 5.91 Å². The number of amides is 1. The molecule has 1 aromatic carbocycles. The zero-order chi connectivity index (χ0) is 13.8. The number of rotatable bonds is 10. The largest absolute Gasteiger partial charge is 0.351 e. The Bertz CT molecular complexity index is 343. The number of nitrogens with one attached hydrogen (secondary N) is 2. The van der Waals surface area contributed by atoms with Gasteiger partial charge in [-0.1, -0.05) is 36.8 Å². The van der Waals surface area contributed by atoms with E-state index in [0.717, 1.165) is 18.5 Å². The van der Waals surface area contributed by atoms with E-state index in [1.54, 1.807) is 0 Å². The van der Waals surface area contributed by atoms with Crippen LogP contribution >= 0.6 is 11.8 Å². The summed E-state index contributed by atoms with van der Waals surface area (Å²) in [5.41, 5.74) is 1.13. The Balaban J connectivity index is 1.96. The molecule has 0 aliphatic rings. The van der Waals surface area contributed by atoms with Crippen LogP contribution in [0.1, 0.15) is 24.8 Å². The SMILES string of the molecule is CSCCCCCNCC(=O)NCc1ccccc1. The van der Waals surface area contributed by atoms with E-state index in [0.29, 0.717) is 13.1 Å². The third-order valence-corrected chi connectivity index (χ3v) is 3.52. The Kier molecular flexibility index (Phi) is 9.19. The van der Waals surface area contributed by atoms with Crippen LogP contribution in [0.4, 0.5) is 0 Å². The Morgan fingerprint density at radius 3 is 2.68 bits per heavy atom. The molecular formula is C15H24N2OS. The van der Waals surface area contributed by atoms with Gasteiger partial charge in [0.15, 0.2) is 0 Å². The maximum absolute atomic E-state index is 11.6. The van der Waals surface area contributed by atoms with Crippen molar-refractivity contribution >= 4 is 17.7 Å². The molecule has 0 spiro atoms. The lowest BCUT2D eigenvalue weighted by molar-refractivity contribution is -0.120. The molecule has 0 heterocycles. The first-order valence-electron chi connectivity index (χ1n) is 6.83. The van der Waals surface area contributed by atoms with Gasteiger partial charge in [-0.3, -0.25) is 4.79 Å². The Labute approximate surface area is 120 Å². The molecule has 0 unspecified atom stereocenters. The van der Waals surface area contributed by atoms with Gasteiger partial charge in [-0.25, -0.2) is 0 Å². The summed E-state index contributed by atoms with van der Waals surface area (Å²) in [7, 11) is 0. The van der Waals surface area contributed by atoms with Crippen LogP contribution in [-0.2, 0) is 11.3 Å². The minimum Gasteiger partial charge on any atom is -0.351 e. The highest BCUT2D eigenvalue weighted by Gasteiger charge is 2.00. The van der Waals surface area contributed by atoms with E-state index in [9.17, 15) is 4.79 Å². The van der Waals surface area contributed by atoms with Gasteiger partial charge in [-0.15, -0.1) is 0 Å². The summed E-state index contributed by atoms with van der Waals surface area (Å²) < 4.78 is 0. The van der Waals surface area contributed by atoms with Crippen molar-refractivity contribution in [2.45, 2.75) is 25.8 Å². The van der Waals surface area contributed by atoms with Gasteiger partial charge in [-0.05, 0) is 37.0 Å². The summed E-state index contributed by atoms with van der Waals surface area (Å²) in [4.78, 5) is 11.6. The molecule has 2 N–H and O–H groups in total. The molecule has 0 aliphatic heterocycles. The minimum absolute atomic E-state index is 0.0629. The summed E-state index contributed by atoms with van der Waals surface area (Å²) in [6.07, 6.45) is 5.78. The summed E-state index contributed by atoms with van der Waals surface area (Å²) in [5, 5.41) is 6.08. The van der Waals surface area contributed by atoms with E-state index in [-0.39, 0.29) is 5.91 Å². The van der Waals surface area contributed by atoms with Crippen LogP contribution in [-0.4, -0.2) is 31.0 Å². The molecule has 4 heteroatoms. The van der Waals surface area contributed by atoms with Crippen molar-refractivity contribution < 1.29 is 4.79 Å². The number of hydrogen-bond acceptors (Lipinski definition) is 3. The highest BCUT2D eigenvalue weighted by molar-refractivity contribution is 7.98. The van der Waals surface area contributed by atoms with Gasteiger partial charge >= 0.3 is 0 Å². The summed E-state index contributed by atoms with van der Waals surface area (Å²) in [6, 6.07) is 9.96. The molecule has 0 aromatic heterocycles. The fraction of sp³-hybridized carbons (Fsp3) is 0.533. The number of unbranched alkanes of at least 4 members (excludes halogenated alkanes) is 2. The maximum Gasteiger partial charge on any atom is 0.234 e. The molecule has 19 heavy (non-hydrogen) atoms. The van der Waals surface area contributed by atoms with Gasteiger partial charge in [0.1, 0.15) is 0 Å². The maximum atomic E-state index is 11.6. The van der Waals surface area contributed by atoms with Crippen LogP contribution < -0.4 is 10.6 Å². The fourth-order valence-electron chi connectivity index (χ4n) is 1.73. The van der Waals surface area contributed by atoms with Crippen LogP contribution in [0, 0.1) is 0 Å². The zero-order valence-electron chi connectivity index (χ0n) is 11.7. The normalized spacial score (nSPS) is 10.4. The van der Waals surface area contributed by atoms with Gasteiger partial charge in [0, 0.05) is 6.54 Å². The predicted octanol–water partition coefficient (Wildman–Crippen LogP) is 2.43. The fourth-order valence-corrected chi connectivity index (χ4v) is 2.23. The van der Waals surface area contributed by atoms with E-state index < -0.39 is 0 Å². The summed E-state index contributed by atoms with van der Waals surface area (Å²) in [6.45, 7) is 1.94. The second kappa shape index (κ2) is 10.9. The lowest BCUT2D eigenvalue weighted by atomic mass is 10.2. The summed E-state index contributed by atoms with van der Waals surface area (Å²) >= 11 is 1.89. The molecule has 3 nitrogen and oxygen atoms in total. The number of hydrogen-bond donors (Lipinski definition) is 2. The lowest BCUT2D eigenvalue weighted by Crippen LogP contribution is -2.33. The monoisotopic (exact) mass is 280 g/mol. The average molecular weight is 280 g/mol. The van der Waals surface area contributed by atoms with Crippen LogP contribution in [0.25, 0.3) is 0 Å². The molecule has 0 saturated heterocycles. The molecule has 1 amide bonds. The molecule has 0 bridgehead atoms. The zero-order valence-corrected chi connectivity index (χ0v) is 12.5. The van der Waals surface area contributed by atoms with Crippen molar-refractivity contribution in [3.8, 4) is 0 Å². The van der Waals surface area contributed by atoms with Crippen molar-refractivity contribution in [3.63, 3.8) is 0 Å². The second-order valence-corrected chi connectivity index (χ2v) is 5.48. The number of benzene rings is 1. The van der Waals surface area contributed by atoms with E-state index in [1.165, 1.54) is 18.6 Å². The molecule has 1 aromatic rings. The van der Waals surface area contributed by atoms with Crippen molar-refractivity contribution in [3.05, 3.63) is 35.9 Å². The van der Waals surface area contributed by atoms with Crippen molar-refractivity contribution in [2.75, 3.05) is 25.1 Å². The first kappa shape index (κ1) is 16.1. The van der Waals surface area contributed by atoms with Crippen molar-refractivity contribution in [1.29, 1.82) is 0 Å². The molecule has 0 saturated carbocycles. The Hall–Kier alpha value is -1.00. The van der Waals surface area contributed by atoms with E-state index >= 15 is 0 Å². The Morgan fingerprint density at radius 2 is 1.95 bits per heavy atom. The summed E-state index contributed by atoms with van der Waals surface area (Å²) in [5.74, 6) is 1.30. The highest BCUT2D eigenvalue weighted by Crippen LogP contribution is 2.01. The first-order valence-corrected chi connectivity index (χ1v) is 8.22. The van der Waals surface area contributed by atoms with Gasteiger partial charge in [-0.2, -0.15) is 11.8 Å². The van der Waals surface area contributed by atoms with Crippen LogP contribution in [0.2, 0.25) is 0 Å². The molecule has 0 fully saturated rings. The predicted molar refractivity (Wildman–Crippen MR) is 83.4 cm³/mol. The molecular weight excluding hydrogens is 256 g/mol. The molecule has 106 valence electrons. The smallest absolute Gasteiger partial charge is 0.234 e. The third-order valence-electron chi connectivity index (χ3n) is 2.82. The number of carbonyl (C=O) groups excluding carboxylic acids is 1. The van der Waals surface area contributed by atoms with Gasteiger partial charge < -0.3 is 10.6 Å². The quantitative estimate of drug-likeness (QED) is 0.647. The minimum atomic E-state index is 0.0629. The average Bonchev–Trinajstić information content (AvgIpc) is 2.45. The van der Waals surface area contributed by atoms with Crippen LogP contribution in [0.15, 0.2) is 30.3 Å². The third kappa shape index (κ3) is 8.67. The van der Waals surface area contributed by atoms with E-state index in [1.807, 2.05) is 42.1 Å². The van der Waals surface area contributed by atoms with Crippen molar-refractivity contribution in [2.24, 2.45) is 0 Å². The lowest BCUT2D eigenvalue weighted by Gasteiger charge is -2.06. The van der Waals surface area contributed by atoms with Crippen molar-refractivity contribution in [1.82, 2.24) is 10.6 Å². The van der Waals surface area contributed by atoms with Crippen LogP contribution in [0.5, 0.6) is 0 Å². The first-order chi connectivity index (χ1) is 9.33. The van der Waals surface area contributed by atoms with E-state index in [4.69, 9.17) is 0 Å². The van der Waals surface area contributed by atoms with E-state index in [2.05, 4.69) is 16.9 Å². The number of carbonyl (C=O) groups is 1. The standard InChI is InChI=1S/C15H24N2OS/c1-19-11-7-3-6-10-16-13-15(18)17-12-14-8-4-2-5-9-14/h2,4-5,8-9,16H,3,6-7,10-13H2,1H3,(H,17,18). The molecule has 0 atom stereocenters. The molecule has 0 aliphatic carbocycles. The van der Waals surface area contributed by atoms with Gasteiger partial charge in [0.25, 0.3) is 0 Å². The Morgan fingerprint density at radius 1 is 1.16 bits per heavy atom. The second-order valence-electron chi connectivity index (χ2n) is 4.49.